The molecule has 1 amide bonds. The van der Waals surface area contributed by atoms with Gasteiger partial charge >= 0.3 is 0 Å². The molecule has 0 radical (unpaired) electrons. The van der Waals surface area contributed by atoms with Gasteiger partial charge < -0.3 is 14.6 Å². The summed E-state index contributed by atoms with van der Waals surface area (Å²) >= 11 is -1.55. The van der Waals surface area contributed by atoms with Gasteiger partial charge in [-0.3, -0.25) is 4.79 Å². The number of carbonyl (C=O) groups is 1. The molecule has 1 heterocycles. The monoisotopic (exact) mass is 540 g/mol. The summed E-state index contributed by atoms with van der Waals surface area (Å²) in [5.74, 6) is 0.186. The number of unbranched alkanes of at least 4 members (excludes halogenated alkanes) is 4. The highest BCUT2D eigenvalue weighted by atomic mass is 32.2. The normalized spacial score (nSPS) is 14.6. The summed E-state index contributed by atoms with van der Waals surface area (Å²) in [7, 11) is 0. The fraction of sp³-hybridized carbons (Fsp3) is 0.448. The molecule has 3 N–H and O–H groups in total. The van der Waals surface area contributed by atoms with Crippen molar-refractivity contribution in [2.24, 2.45) is 11.1 Å². The minimum atomic E-state index is -1.55. The number of benzene rings is 2. The van der Waals surface area contributed by atoms with Gasteiger partial charge in [0.15, 0.2) is 4.90 Å². The van der Waals surface area contributed by atoms with Gasteiger partial charge in [0.05, 0.1) is 35.0 Å². The average molecular weight is 541 g/mol. The van der Waals surface area contributed by atoms with E-state index in [1.54, 1.807) is 28.9 Å². The Hall–Kier alpha value is -2.72. The van der Waals surface area contributed by atoms with Gasteiger partial charge in [0.25, 0.3) is 0 Å². The average Bonchev–Trinajstić information content (AvgIpc) is 3.61. The number of halogens is 1. The first-order valence-electron chi connectivity index (χ1n) is 13.5. The number of ether oxygens (including phenoxy) is 1. The van der Waals surface area contributed by atoms with E-state index >= 15 is 0 Å². The number of aromatic nitrogens is 2. The zero-order valence-electron chi connectivity index (χ0n) is 21.7. The van der Waals surface area contributed by atoms with Gasteiger partial charge in [-0.25, -0.2) is 9.07 Å². The maximum Gasteiger partial charge on any atom is 0.223 e. The Balaban J connectivity index is 1.22. The van der Waals surface area contributed by atoms with E-state index in [0.29, 0.717) is 18.1 Å². The summed E-state index contributed by atoms with van der Waals surface area (Å²) in [6.45, 7) is 1.80. The van der Waals surface area contributed by atoms with Crippen LogP contribution in [-0.2, 0) is 27.5 Å². The largest absolute Gasteiger partial charge is 0.593 e. The summed E-state index contributed by atoms with van der Waals surface area (Å²) in [6, 6.07) is 15.3. The maximum absolute atomic E-state index is 13.5. The molecular formula is C29H37FN4O3S. The maximum atomic E-state index is 13.5. The Labute approximate surface area is 227 Å². The van der Waals surface area contributed by atoms with Crippen molar-refractivity contribution in [3.8, 4) is 16.9 Å². The van der Waals surface area contributed by atoms with Crippen molar-refractivity contribution in [2.75, 3.05) is 13.2 Å². The molecule has 2 aromatic carbocycles. The minimum absolute atomic E-state index is 0.241. The summed E-state index contributed by atoms with van der Waals surface area (Å²) in [4.78, 5) is 12.6. The van der Waals surface area contributed by atoms with Gasteiger partial charge in [-0.2, -0.15) is 5.10 Å². The third-order valence-electron chi connectivity index (χ3n) is 6.95. The van der Waals surface area contributed by atoms with Crippen LogP contribution in [-0.4, -0.2) is 33.4 Å². The molecule has 1 fully saturated rings. The highest BCUT2D eigenvalue weighted by Crippen LogP contribution is 2.26. The van der Waals surface area contributed by atoms with Crippen LogP contribution in [0.4, 0.5) is 4.39 Å². The molecule has 0 saturated heterocycles. The van der Waals surface area contributed by atoms with Gasteiger partial charge in [-0.05, 0) is 80.3 Å². The van der Waals surface area contributed by atoms with E-state index in [2.05, 4.69) is 5.32 Å². The molecule has 0 bridgehead atoms. The lowest BCUT2D eigenvalue weighted by Gasteiger charge is -2.10. The first kappa shape index (κ1) is 28.3. The lowest BCUT2D eigenvalue weighted by Crippen LogP contribution is -2.30. The Kier molecular flexibility index (Phi) is 10.7. The first-order valence-corrected chi connectivity index (χ1v) is 14.7. The zero-order valence-corrected chi connectivity index (χ0v) is 22.6. The molecule has 1 aliphatic carbocycles. The molecule has 4 rings (SSSR count). The van der Waals surface area contributed by atoms with Crippen molar-refractivity contribution in [3.63, 3.8) is 0 Å². The smallest absolute Gasteiger partial charge is 0.223 e. The van der Waals surface area contributed by atoms with E-state index in [1.807, 2.05) is 18.2 Å². The molecule has 3 aromatic rings. The third-order valence-corrected chi connectivity index (χ3v) is 7.69. The van der Waals surface area contributed by atoms with Crippen LogP contribution in [0.5, 0.6) is 0 Å². The molecule has 1 aromatic heterocycles. The van der Waals surface area contributed by atoms with Crippen LogP contribution in [0.25, 0.3) is 16.9 Å². The predicted molar refractivity (Wildman–Crippen MR) is 147 cm³/mol. The minimum Gasteiger partial charge on any atom is -0.593 e. The van der Waals surface area contributed by atoms with Crippen LogP contribution in [0, 0.1) is 11.7 Å². The topological polar surface area (TPSA) is 105 Å². The molecule has 7 nitrogen and oxygen atoms in total. The van der Waals surface area contributed by atoms with Gasteiger partial charge in [-0.15, -0.1) is 5.14 Å². The van der Waals surface area contributed by atoms with E-state index in [1.165, 1.54) is 25.0 Å². The van der Waals surface area contributed by atoms with Crippen LogP contribution in [0.3, 0.4) is 0 Å². The van der Waals surface area contributed by atoms with Crippen molar-refractivity contribution in [1.82, 2.24) is 15.1 Å². The number of amides is 1. The Morgan fingerprint density at radius 3 is 2.45 bits per heavy atom. The van der Waals surface area contributed by atoms with Gasteiger partial charge in [0.1, 0.15) is 5.82 Å². The van der Waals surface area contributed by atoms with E-state index < -0.39 is 11.4 Å². The fourth-order valence-electron chi connectivity index (χ4n) is 4.83. The number of hydrogen-bond donors (Lipinski definition) is 2. The Morgan fingerprint density at radius 2 is 1.74 bits per heavy atom. The number of rotatable bonds is 14. The molecule has 0 aliphatic heterocycles. The van der Waals surface area contributed by atoms with Crippen LogP contribution >= 0.6 is 0 Å². The first-order chi connectivity index (χ1) is 18.5. The van der Waals surface area contributed by atoms with Crippen LogP contribution in [0.2, 0.25) is 0 Å². The third kappa shape index (κ3) is 8.14. The second-order valence-corrected chi connectivity index (χ2v) is 10.9. The van der Waals surface area contributed by atoms with E-state index in [-0.39, 0.29) is 17.6 Å². The summed E-state index contributed by atoms with van der Waals surface area (Å²) in [5, 5.41) is 13.3. The number of nitrogens with zero attached hydrogens (tertiary/aromatic N) is 2. The number of carbonyl (C=O) groups excluding carboxylic acids is 1. The van der Waals surface area contributed by atoms with Crippen molar-refractivity contribution < 1.29 is 18.5 Å². The van der Waals surface area contributed by atoms with Crippen LogP contribution in [0.15, 0.2) is 59.5 Å². The molecule has 38 heavy (non-hydrogen) atoms. The van der Waals surface area contributed by atoms with Gasteiger partial charge in [0, 0.05) is 24.6 Å². The summed E-state index contributed by atoms with van der Waals surface area (Å²) in [5.41, 5.74) is 3.19. The quantitative estimate of drug-likeness (QED) is 0.209. The second-order valence-electron chi connectivity index (χ2n) is 9.82. The van der Waals surface area contributed by atoms with E-state index in [9.17, 15) is 13.7 Å². The van der Waals surface area contributed by atoms with Crippen molar-refractivity contribution in [1.29, 1.82) is 0 Å². The number of hydrogen-bond acceptors (Lipinski definition) is 5. The molecule has 0 spiro atoms. The van der Waals surface area contributed by atoms with Crippen molar-refractivity contribution in [3.05, 3.63) is 66.1 Å². The van der Waals surface area contributed by atoms with Crippen molar-refractivity contribution in [2.45, 2.75) is 69.3 Å². The molecule has 1 saturated carbocycles. The zero-order chi connectivity index (χ0) is 26.7. The van der Waals surface area contributed by atoms with Crippen molar-refractivity contribution >= 4 is 17.3 Å². The van der Waals surface area contributed by atoms with Crippen LogP contribution in [0.1, 0.15) is 63.5 Å². The molecule has 1 aliphatic rings. The second kappa shape index (κ2) is 14.4. The number of nitrogens with two attached hydrogens (primary N) is 1. The van der Waals surface area contributed by atoms with Gasteiger partial charge in [-0.1, -0.05) is 32.1 Å². The Morgan fingerprint density at radius 1 is 1.05 bits per heavy atom. The summed E-state index contributed by atoms with van der Waals surface area (Å²) in [6.07, 6.45) is 9.76. The fourth-order valence-corrected chi connectivity index (χ4v) is 5.23. The molecular weight excluding hydrogens is 503 g/mol. The summed E-state index contributed by atoms with van der Waals surface area (Å²) < 4.78 is 32.7. The molecule has 1 unspecified atom stereocenters. The molecule has 204 valence electrons. The highest BCUT2D eigenvalue weighted by Gasteiger charge is 2.21. The SMILES string of the molecule is N[S+]([O-])c1ccc(-n2nc(COCCCCCCCNC(=O)C3CCCC3)cc2-c2ccc(F)cc2)cc1. The standard InChI is InChI=1S/C29H37FN4O3S/c30-24-12-10-22(11-13-24)28-20-25(33-34(28)26-14-16-27(17-15-26)38(31)36)21-37-19-7-3-1-2-6-18-32-29(35)23-8-4-5-9-23/h10-17,20,23H,1-9,18-19,21,31H2,(H,32,35). The van der Waals surface area contributed by atoms with Crippen LogP contribution < -0.4 is 10.5 Å². The van der Waals surface area contributed by atoms with Gasteiger partial charge in [0.2, 0.25) is 5.91 Å². The Bertz CT molecular complexity index is 1150. The number of nitrogens with one attached hydrogen (secondary N) is 1. The molecule has 1 atom stereocenters. The molecule has 9 heteroatoms. The predicted octanol–water partition coefficient (Wildman–Crippen LogP) is 5.43. The lowest BCUT2D eigenvalue weighted by atomic mass is 10.1. The van der Waals surface area contributed by atoms with E-state index in [0.717, 1.165) is 74.1 Å². The lowest BCUT2D eigenvalue weighted by molar-refractivity contribution is -0.124. The van der Waals surface area contributed by atoms with E-state index in [4.69, 9.17) is 15.0 Å². The highest BCUT2D eigenvalue weighted by molar-refractivity contribution is 7.89.